The number of amides is 1. The maximum absolute atomic E-state index is 12.5. The third-order valence-corrected chi connectivity index (χ3v) is 4.00. The third kappa shape index (κ3) is 2.59. The van der Waals surface area contributed by atoms with Crippen LogP contribution in [0.4, 0.5) is 4.39 Å². The summed E-state index contributed by atoms with van der Waals surface area (Å²) in [6, 6.07) is 0. The summed E-state index contributed by atoms with van der Waals surface area (Å²) in [4.78, 5) is 25.2. The van der Waals surface area contributed by atoms with Crippen molar-refractivity contribution < 1.29 is 23.8 Å². The molecule has 1 amide bonds. The van der Waals surface area contributed by atoms with Gasteiger partial charge in [0.1, 0.15) is 6.67 Å². The first-order valence-electron chi connectivity index (χ1n) is 6.83. The van der Waals surface area contributed by atoms with Gasteiger partial charge in [0.05, 0.1) is 24.0 Å². The van der Waals surface area contributed by atoms with Gasteiger partial charge in [-0.25, -0.2) is 4.39 Å². The van der Waals surface area contributed by atoms with Crippen LogP contribution in [0.2, 0.25) is 0 Å². The largest absolute Gasteiger partial charge is 0.481 e. The lowest BCUT2D eigenvalue weighted by atomic mass is 9.78. The van der Waals surface area contributed by atoms with E-state index in [0.29, 0.717) is 13.0 Å². The maximum atomic E-state index is 12.5. The Balaban J connectivity index is 2.13. The van der Waals surface area contributed by atoms with Gasteiger partial charge in [0.25, 0.3) is 0 Å². The van der Waals surface area contributed by atoms with Crippen molar-refractivity contribution in [2.75, 3.05) is 19.8 Å². The van der Waals surface area contributed by atoms with E-state index in [9.17, 15) is 19.1 Å². The molecule has 1 N–H and O–H groups in total. The molecule has 108 valence electrons. The summed E-state index contributed by atoms with van der Waals surface area (Å²) in [5.74, 6) is -2.67. The number of ether oxygens (including phenoxy) is 1. The van der Waals surface area contributed by atoms with Gasteiger partial charge in [-0.1, -0.05) is 6.92 Å². The Morgan fingerprint density at radius 1 is 1.26 bits per heavy atom. The van der Waals surface area contributed by atoms with Gasteiger partial charge in [-0.05, 0) is 19.3 Å². The fraction of sp³-hybridized carbons (Fsp3) is 0.846. The van der Waals surface area contributed by atoms with Crippen molar-refractivity contribution >= 4 is 11.9 Å². The van der Waals surface area contributed by atoms with Gasteiger partial charge in [-0.15, -0.1) is 0 Å². The van der Waals surface area contributed by atoms with E-state index in [4.69, 9.17) is 4.74 Å². The Morgan fingerprint density at radius 3 is 2.42 bits per heavy atom. The average Bonchev–Trinajstić information content (AvgIpc) is 2.97. The number of halogens is 1. The van der Waals surface area contributed by atoms with Crippen LogP contribution in [-0.2, 0) is 14.3 Å². The summed E-state index contributed by atoms with van der Waals surface area (Å²) in [6.07, 6.45) is 1.48. The predicted octanol–water partition coefficient (Wildman–Crippen LogP) is 1.07. The Morgan fingerprint density at radius 2 is 1.89 bits per heavy atom. The highest BCUT2D eigenvalue weighted by atomic mass is 19.1. The molecule has 6 heteroatoms. The van der Waals surface area contributed by atoms with Crippen LogP contribution in [-0.4, -0.2) is 53.9 Å². The van der Waals surface area contributed by atoms with E-state index < -0.39 is 24.5 Å². The number of carboxylic acids is 1. The van der Waals surface area contributed by atoms with Gasteiger partial charge in [0, 0.05) is 13.1 Å². The van der Waals surface area contributed by atoms with Gasteiger partial charge in [-0.2, -0.15) is 0 Å². The lowest BCUT2D eigenvalue weighted by Gasteiger charge is -2.30. The van der Waals surface area contributed by atoms with Gasteiger partial charge >= 0.3 is 5.97 Å². The molecule has 2 aliphatic heterocycles. The van der Waals surface area contributed by atoms with Crippen LogP contribution < -0.4 is 0 Å². The van der Waals surface area contributed by atoms with E-state index in [1.54, 1.807) is 0 Å². The van der Waals surface area contributed by atoms with Crippen molar-refractivity contribution in [1.82, 2.24) is 4.90 Å². The van der Waals surface area contributed by atoms with Crippen LogP contribution in [0, 0.1) is 11.8 Å². The highest BCUT2D eigenvalue weighted by molar-refractivity contribution is 5.86. The van der Waals surface area contributed by atoms with E-state index in [2.05, 4.69) is 0 Å². The van der Waals surface area contributed by atoms with Crippen LogP contribution >= 0.6 is 0 Å². The minimum atomic E-state index is -0.984. The number of hydrogen-bond donors (Lipinski definition) is 1. The number of aliphatic carboxylic acids is 1. The van der Waals surface area contributed by atoms with E-state index in [1.165, 1.54) is 4.90 Å². The zero-order chi connectivity index (χ0) is 14.0. The van der Waals surface area contributed by atoms with Crippen molar-refractivity contribution in [3.05, 3.63) is 0 Å². The first-order chi connectivity index (χ1) is 9.10. The molecule has 5 nitrogen and oxygen atoms in total. The molecule has 4 unspecified atom stereocenters. The van der Waals surface area contributed by atoms with E-state index in [0.717, 1.165) is 12.8 Å². The number of carboxylic acid groups (broad SMARTS) is 1. The second kappa shape index (κ2) is 5.86. The number of fused-ring (bicyclic) bond motifs is 2. The highest BCUT2D eigenvalue weighted by Gasteiger charge is 2.56. The van der Waals surface area contributed by atoms with Crippen molar-refractivity contribution in [3.63, 3.8) is 0 Å². The quantitative estimate of drug-likeness (QED) is 0.786. The number of rotatable bonds is 6. The molecule has 2 bridgehead atoms. The SMILES string of the molecule is CCCN(CCF)C(=O)C1C2CCC(O2)C1C(=O)O. The molecule has 0 aromatic carbocycles. The van der Waals surface area contributed by atoms with Crippen molar-refractivity contribution in [3.8, 4) is 0 Å². The minimum Gasteiger partial charge on any atom is -0.481 e. The highest BCUT2D eigenvalue weighted by Crippen LogP contribution is 2.44. The predicted molar refractivity (Wildman–Crippen MR) is 65.4 cm³/mol. The number of alkyl halides is 1. The molecule has 0 saturated carbocycles. The lowest BCUT2D eigenvalue weighted by molar-refractivity contribution is -0.151. The fourth-order valence-electron chi connectivity index (χ4n) is 3.22. The number of carbonyl (C=O) groups is 2. The van der Waals surface area contributed by atoms with Crippen molar-refractivity contribution in [2.24, 2.45) is 11.8 Å². The van der Waals surface area contributed by atoms with Gasteiger partial charge in [0.15, 0.2) is 0 Å². The van der Waals surface area contributed by atoms with Crippen molar-refractivity contribution in [2.45, 2.75) is 38.4 Å². The Kier molecular flexibility index (Phi) is 4.39. The van der Waals surface area contributed by atoms with Crippen LogP contribution in [0.3, 0.4) is 0 Å². The third-order valence-electron chi connectivity index (χ3n) is 4.00. The molecule has 2 fully saturated rings. The number of nitrogens with zero attached hydrogens (tertiary/aromatic N) is 1. The molecule has 0 spiro atoms. The summed E-state index contributed by atoms with van der Waals surface area (Å²) in [7, 11) is 0. The average molecular weight is 273 g/mol. The molecule has 2 rings (SSSR count). The molecule has 0 aliphatic carbocycles. The number of carbonyl (C=O) groups excluding carboxylic acids is 1. The Labute approximate surface area is 111 Å². The zero-order valence-electron chi connectivity index (χ0n) is 11.0. The molecule has 4 atom stereocenters. The summed E-state index contributed by atoms with van der Waals surface area (Å²) in [5, 5.41) is 9.27. The molecule has 0 radical (unpaired) electrons. The monoisotopic (exact) mass is 273 g/mol. The molecule has 2 saturated heterocycles. The van der Waals surface area contributed by atoms with Gasteiger partial charge in [-0.3, -0.25) is 9.59 Å². The first kappa shape index (κ1) is 14.2. The number of hydrogen-bond acceptors (Lipinski definition) is 3. The second-order valence-electron chi connectivity index (χ2n) is 5.19. The molecular formula is C13H20FNO4. The topological polar surface area (TPSA) is 66.8 Å². The summed E-state index contributed by atoms with van der Waals surface area (Å²) >= 11 is 0. The zero-order valence-corrected chi connectivity index (χ0v) is 11.0. The Hall–Kier alpha value is -1.17. The van der Waals surface area contributed by atoms with E-state index in [-0.39, 0.29) is 24.7 Å². The van der Waals surface area contributed by atoms with Crippen molar-refractivity contribution in [1.29, 1.82) is 0 Å². The van der Waals surface area contributed by atoms with Crippen LogP contribution in [0.15, 0.2) is 0 Å². The van der Waals surface area contributed by atoms with E-state index in [1.807, 2.05) is 6.92 Å². The standard InChI is InChI=1S/C13H20FNO4/c1-2-6-15(7-5-14)12(16)10-8-3-4-9(19-8)11(10)13(17)18/h8-11H,2-7H2,1H3,(H,17,18). The molecular weight excluding hydrogens is 253 g/mol. The normalized spacial score (nSPS) is 32.5. The summed E-state index contributed by atoms with van der Waals surface area (Å²) in [5.41, 5.74) is 0. The molecule has 2 aliphatic rings. The fourth-order valence-corrected chi connectivity index (χ4v) is 3.22. The summed E-state index contributed by atoms with van der Waals surface area (Å²) in [6.45, 7) is 1.80. The minimum absolute atomic E-state index is 0.0346. The lowest BCUT2D eigenvalue weighted by Crippen LogP contribution is -2.46. The molecule has 2 heterocycles. The van der Waals surface area contributed by atoms with Gasteiger partial charge < -0.3 is 14.7 Å². The molecule has 0 aromatic rings. The van der Waals surface area contributed by atoms with E-state index >= 15 is 0 Å². The maximum Gasteiger partial charge on any atom is 0.310 e. The van der Waals surface area contributed by atoms with Gasteiger partial charge in [0.2, 0.25) is 5.91 Å². The first-order valence-corrected chi connectivity index (χ1v) is 6.83. The summed E-state index contributed by atoms with van der Waals surface area (Å²) < 4.78 is 18.1. The molecule has 0 aromatic heterocycles. The van der Waals surface area contributed by atoms with Crippen LogP contribution in [0.5, 0.6) is 0 Å². The van der Waals surface area contributed by atoms with Crippen LogP contribution in [0.25, 0.3) is 0 Å². The van der Waals surface area contributed by atoms with Crippen LogP contribution in [0.1, 0.15) is 26.2 Å². The smallest absolute Gasteiger partial charge is 0.310 e. The molecule has 19 heavy (non-hydrogen) atoms. The Bertz CT molecular complexity index is 357. The second-order valence-corrected chi connectivity index (χ2v) is 5.19.